The molecule has 0 spiro atoms. The van der Waals surface area contributed by atoms with E-state index in [-0.39, 0.29) is 0 Å². The van der Waals surface area contributed by atoms with Gasteiger partial charge in [0.25, 0.3) is 0 Å². The smallest absolute Gasteiger partial charge is 0.0819 e. The fourth-order valence-corrected chi connectivity index (χ4v) is 2.10. The lowest BCUT2D eigenvalue weighted by atomic mass is 9.80. The van der Waals surface area contributed by atoms with Gasteiger partial charge in [-0.2, -0.15) is 0 Å². The minimum absolute atomic E-state index is 0.447. The van der Waals surface area contributed by atoms with Crippen LogP contribution in [0.3, 0.4) is 0 Å². The van der Waals surface area contributed by atoms with E-state index in [1.54, 1.807) is 0 Å². The molecule has 0 heterocycles. The molecule has 1 aromatic rings. The Morgan fingerprint density at radius 3 is 2.27 bits per heavy atom. The van der Waals surface area contributed by atoms with Crippen LogP contribution in [0.2, 0.25) is 0 Å². The van der Waals surface area contributed by atoms with Gasteiger partial charge in [-0.15, -0.1) is 0 Å². The highest BCUT2D eigenvalue weighted by atomic mass is 16.3. The van der Waals surface area contributed by atoms with Gasteiger partial charge in [-0.1, -0.05) is 6.07 Å². The zero-order valence-corrected chi connectivity index (χ0v) is 9.51. The molecule has 0 amide bonds. The molecular weight excluding hydrogens is 186 g/mol. The summed E-state index contributed by atoms with van der Waals surface area (Å²) in [6, 6.07) is 6.40. The molecule has 0 atom stereocenters. The van der Waals surface area contributed by atoms with E-state index in [9.17, 15) is 5.11 Å². The molecule has 82 valence electrons. The number of benzene rings is 1. The van der Waals surface area contributed by atoms with E-state index in [0.717, 1.165) is 24.9 Å². The van der Waals surface area contributed by atoms with Gasteiger partial charge in [-0.3, -0.25) is 0 Å². The molecule has 0 radical (unpaired) electrons. The Balaban J connectivity index is 1.98. The Bertz CT molecular complexity index is 335. The third-order valence-corrected chi connectivity index (χ3v) is 3.13. The second-order valence-corrected chi connectivity index (χ2v) is 4.81. The van der Waals surface area contributed by atoms with Crippen molar-refractivity contribution in [2.45, 2.75) is 38.7 Å². The molecule has 1 aliphatic carbocycles. The lowest BCUT2D eigenvalue weighted by molar-refractivity contribution is -0.0201. The van der Waals surface area contributed by atoms with Crippen molar-refractivity contribution in [3.05, 3.63) is 29.3 Å². The first kappa shape index (κ1) is 10.5. The molecule has 1 saturated carbocycles. The fourth-order valence-electron chi connectivity index (χ4n) is 2.10. The van der Waals surface area contributed by atoms with E-state index in [1.165, 1.54) is 11.1 Å². The van der Waals surface area contributed by atoms with Crippen LogP contribution in [0.4, 0.5) is 5.69 Å². The summed E-state index contributed by atoms with van der Waals surface area (Å²) in [6.45, 7) is 4.86. The maximum Gasteiger partial charge on any atom is 0.0819 e. The Morgan fingerprint density at radius 2 is 1.80 bits per heavy atom. The van der Waals surface area contributed by atoms with E-state index in [4.69, 9.17) is 0 Å². The maximum atomic E-state index is 9.95. The van der Waals surface area contributed by atoms with Gasteiger partial charge in [0.05, 0.1) is 5.60 Å². The van der Waals surface area contributed by atoms with E-state index in [1.807, 2.05) is 0 Å². The van der Waals surface area contributed by atoms with Crippen molar-refractivity contribution in [1.82, 2.24) is 0 Å². The van der Waals surface area contributed by atoms with Crippen molar-refractivity contribution in [3.63, 3.8) is 0 Å². The number of hydrogen-bond donors (Lipinski definition) is 2. The first-order valence-electron chi connectivity index (χ1n) is 5.62. The van der Waals surface area contributed by atoms with Gasteiger partial charge in [-0.25, -0.2) is 0 Å². The Hall–Kier alpha value is -1.02. The zero-order valence-electron chi connectivity index (χ0n) is 9.51. The molecule has 0 unspecified atom stereocenters. The van der Waals surface area contributed by atoms with Crippen LogP contribution in [0.5, 0.6) is 0 Å². The maximum absolute atomic E-state index is 9.95. The lowest BCUT2D eigenvalue weighted by Crippen LogP contribution is -2.43. The summed E-state index contributed by atoms with van der Waals surface area (Å²) in [7, 11) is 0. The summed E-state index contributed by atoms with van der Waals surface area (Å²) in [4.78, 5) is 0. The van der Waals surface area contributed by atoms with Gasteiger partial charge in [0.15, 0.2) is 0 Å². The minimum atomic E-state index is -0.447. The summed E-state index contributed by atoms with van der Waals surface area (Å²) in [5, 5.41) is 13.3. The lowest BCUT2D eigenvalue weighted by Gasteiger charge is -2.36. The van der Waals surface area contributed by atoms with Crippen molar-refractivity contribution in [1.29, 1.82) is 0 Å². The van der Waals surface area contributed by atoms with Crippen LogP contribution in [0.25, 0.3) is 0 Å². The summed E-state index contributed by atoms with van der Waals surface area (Å²) >= 11 is 0. The molecule has 0 aliphatic heterocycles. The van der Waals surface area contributed by atoms with Crippen molar-refractivity contribution in [2.24, 2.45) is 0 Å². The van der Waals surface area contributed by atoms with E-state index >= 15 is 0 Å². The van der Waals surface area contributed by atoms with E-state index < -0.39 is 5.60 Å². The molecule has 15 heavy (non-hydrogen) atoms. The van der Waals surface area contributed by atoms with Crippen LogP contribution >= 0.6 is 0 Å². The Morgan fingerprint density at radius 1 is 1.20 bits per heavy atom. The Labute approximate surface area is 91.3 Å². The first-order valence-corrected chi connectivity index (χ1v) is 5.62. The highest BCUT2D eigenvalue weighted by Gasteiger charge is 2.33. The monoisotopic (exact) mass is 205 g/mol. The molecule has 2 rings (SSSR count). The normalized spacial score (nSPS) is 18.3. The van der Waals surface area contributed by atoms with Crippen molar-refractivity contribution in [3.8, 4) is 0 Å². The summed E-state index contributed by atoms with van der Waals surface area (Å²) < 4.78 is 0. The van der Waals surface area contributed by atoms with E-state index in [2.05, 4.69) is 37.4 Å². The molecule has 1 fully saturated rings. The van der Waals surface area contributed by atoms with Gasteiger partial charge in [0.1, 0.15) is 0 Å². The molecule has 0 saturated heterocycles. The first-order chi connectivity index (χ1) is 7.07. The average molecular weight is 205 g/mol. The molecule has 2 nitrogen and oxygen atoms in total. The summed E-state index contributed by atoms with van der Waals surface area (Å²) in [5.41, 5.74) is 3.20. The zero-order chi connectivity index (χ0) is 10.9. The predicted molar refractivity (Wildman–Crippen MR) is 63.2 cm³/mol. The molecule has 0 aromatic heterocycles. The van der Waals surface area contributed by atoms with Crippen LogP contribution in [0.1, 0.15) is 30.4 Å². The van der Waals surface area contributed by atoms with Gasteiger partial charge in [0.2, 0.25) is 0 Å². The Kier molecular flexibility index (Phi) is 2.70. The highest BCUT2D eigenvalue weighted by Crippen LogP contribution is 2.31. The number of aryl methyl sites for hydroxylation is 2. The summed E-state index contributed by atoms with van der Waals surface area (Å²) in [6.07, 6.45) is 3.03. The topological polar surface area (TPSA) is 32.3 Å². The molecule has 1 aliphatic rings. The summed E-state index contributed by atoms with van der Waals surface area (Å²) in [5.74, 6) is 0. The molecular formula is C13H19NO. The van der Waals surface area contributed by atoms with E-state index in [0.29, 0.717) is 6.54 Å². The second kappa shape index (κ2) is 3.86. The largest absolute Gasteiger partial charge is 0.388 e. The van der Waals surface area contributed by atoms with Gasteiger partial charge in [-0.05, 0) is 56.4 Å². The standard InChI is InChI=1S/C13H19NO/c1-10-6-11(2)8-12(7-10)14-9-13(15)4-3-5-13/h6-8,14-15H,3-5,9H2,1-2H3. The fraction of sp³-hybridized carbons (Fsp3) is 0.538. The molecule has 2 heteroatoms. The van der Waals surface area contributed by atoms with Crippen LogP contribution in [-0.4, -0.2) is 17.3 Å². The van der Waals surface area contributed by atoms with Crippen molar-refractivity contribution < 1.29 is 5.11 Å². The third kappa shape index (κ3) is 2.51. The highest BCUT2D eigenvalue weighted by molar-refractivity contribution is 5.48. The number of hydrogen-bond acceptors (Lipinski definition) is 2. The average Bonchev–Trinajstić information content (AvgIpc) is 2.10. The second-order valence-electron chi connectivity index (χ2n) is 4.81. The predicted octanol–water partition coefficient (Wildman–Crippen LogP) is 2.63. The minimum Gasteiger partial charge on any atom is -0.388 e. The molecule has 2 N–H and O–H groups in total. The molecule has 0 bridgehead atoms. The number of anilines is 1. The van der Waals surface area contributed by atoms with Gasteiger partial charge in [0, 0.05) is 12.2 Å². The van der Waals surface area contributed by atoms with Crippen molar-refractivity contribution >= 4 is 5.69 Å². The van der Waals surface area contributed by atoms with Gasteiger partial charge >= 0.3 is 0 Å². The SMILES string of the molecule is Cc1cc(C)cc(NCC2(O)CCC2)c1. The van der Waals surface area contributed by atoms with Crippen LogP contribution in [0, 0.1) is 13.8 Å². The van der Waals surface area contributed by atoms with Crippen molar-refractivity contribution in [2.75, 3.05) is 11.9 Å². The number of nitrogens with one attached hydrogen (secondary N) is 1. The van der Waals surface area contributed by atoms with Gasteiger partial charge < -0.3 is 10.4 Å². The third-order valence-electron chi connectivity index (χ3n) is 3.13. The van der Waals surface area contributed by atoms with Crippen LogP contribution in [-0.2, 0) is 0 Å². The number of rotatable bonds is 3. The van der Waals surface area contributed by atoms with Crippen LogP contribution < -0.4 is 5.32 Å². The molecule has 1 aromatic carbocycles. The number of aliphatic hydroxyl groups is 1. The quantitative estimate of drug-likeness (QED) is 0.795. The van der Waals surface area contributed by atoms with Crippen LogP contribution in [0.15, 0.2) is 18.2 Å².